The first-order valence-electron chi connectivity index (χ1n) is 17.7. The normalized spacial score (nSPS) is 16.2. The number of nitrogens with zero attached hydrogens (tertiary/aromatic N) is 3. The maximum atomic E-state index is 13.9. The molecule has 9 nitrogen and oxygen atoms in total. The van der Waals surface area contributed by atoms with Crippen molar-refractivity contribution in [3.63, 3.8) is 0 Å². The van der Waals surface area contributed by atoms with E-state index in [1.807, 2.05) is 37.1 Å². The molecule has 0 aliphatic carbocycles. The molecule has 2 aromatic heterocycles. The fourth-order valence-corrected chi connectivity index (χ4v) is 6.86. The summed E-state index contributed by atoms with van der Waals surface area (Å²) in [4.78, 5) is 43.5. The summed E-state index contributed by atoms with van der Waals surface area (Å²) in [7, 11) is 1.45. The summed E-state index contributed by atoms with van der Waals surface area (Å²) < 4.78 is 32.8. The van der Waals surface area contributed by atoms with Gasteiger partial charge in [-0.25, -0.2) is 18.7 Å². The SMILES string of the molecule is CCC(F)(F)CC(C)c1ncc(-c2ccc(-c3ccc4cc(-c5cnc(C6CCCN6C(=O)[C@@H](NC(=O)COC)C(C)C)[nH]5)ccc4c3)cc2)[nH]1. The van der Waals surface area contributed by atoms with E-state index < -0.39 is 12.0 Å². The predicted octanol–water partition coefficient (Wildman–Crippen LogP) is 8.28. The number of nitrogens with one attached hydrogen (secondary N) is 3. The number of imidazole rings is 2. The molecule has 0 saturated carbocycles. The van der Waals surface area contributed by atoms with Crippen molar-refractivity contribution in [1.82, 2.24) is 30.2 Å². The molecule has 0 radical (unpaired) electrons. The molecule has 5 aromatic rings. The number of fused-ring (bicyclic) bond motifs is 1. The second-order valence-corrected chi connectivity index (χ2v) is 13.9. The molecule has 1 aliphatic rings. The first-order valence-corrected chi connectivity index (χ1v) is 17.7. The number of carbonyl (C=O) groups excluding carboxylic acids is 2. The molecule has 3 aromatic carbocycles. The van der Waals surface area contributed by atoms with Crippen LogP contribution in [-0.2, 0) is 14.3 Å². The Morgan fingerprint density at radius 3 is 2.24 bits per heavy atom. The van der Waals surface area contributed by atoms with Crippen molar-refractivity contribution in [3.8, 4) is 33.6 Å². The molecule has 3 atom stereocenters. The first-order chi connectivity index (χ1) is 24.5. The number of hydrogen-bond donors (Lipinski definition) is 3. The first kappa shape index (κ1) is 35.9. The van der Waals surface area contributed by atoms with Gasteiger partial charge in [0, 0.05) is 38.0 Å². The molecule has 268 valence electrons. The quantitative estimate of drug-likeness (QED) is 0.115. The Morgan fingerprint density at radius 1 is 0.922 bits per heavy atom. The van der Waals surface area contributed by atoms with E-state index >= 15 is 0 Å². The third-order valence-electron chi connectivity index (χ3n) is 9.84. The van der Waals surface area contributed by atoms with E-state index in [0.717, 1.165) is 63.1 Å². The number of alkyl halides is 2. The van der Waals surface area contributed by atoms with Crippen LogP contribution in [0.4, 0.5) is 8.78 Å². The molecule has 3 N–H and O–H groups in total. The molecule has 1 aliphatic heterocycles. The van der Waals surface area contributed by atoms with E-state index in [1.54, 1.807) is 13.1 Å². The van der Waals surface area contributed by atoms with E-state index in [2.05, 4.69) is 68.8 Å². The lowest BCUT2D eigenvalue weighted by Gasteiger charge is -2.30. The number of ether oxygens (including phenoxy) is 1. The molecule has 3 heterocycles. The maximum absolute atomic E-state index is 13.9. The standard InChI is InChI=1S/C40H46F2N6O3/c1-6-40(41,42)20-25(4)37-43-21-32(45-37)27-11-9-26(10-12-27)28-13-14-30-19-31(16-15-29(30)18-28)33-22-44-38(46-33)34-8-7-17-48(34)39(50)36(24(2)3)47-35(49)23-51-5/h9-16,18-19,21-22,24-25,34,36H,6-8,17,20,23H2,1-5H3,(H,43,45)(H,44,46)(H,47,49)/t25?,34?,36-/m0/s1. The summed E-state index contributed by atoms with van der Waals surface area (Å²) >= 11 is 0. The zero-order valence-electron chi connectivity index (χ0n) is 29.8. The van der Waals surface area contributed by atoms with Crippen LogP contribution in [0.3, 0.4) is 0 Å². The van der Waals surface area contributed by atoms with Gasteiger partial charge in [-0.05, 0) is 58.4 Å². The van der Waals surface area contributed by atoms with Crippen molar-refractivity contribution in [2.45, 2.75) is 77.3 Å². The lowest BCUT2D eigenvalue weighted by atomic mass is 9.98. The maximum Gasteiger partial charge on any atom is 0.248 e. The van der Waals surface area contributed by atoms with Crippen LogP contribution in [-0.4, -0.2) is 68.9 Å². The van der Waals surface area contributed by atoms with E-state index in [0.29, 0.717) is 12.4 Å². The second kappa shape index (κ2) is 15.1. The topological polar surface area (TPSA) is 116 Å². The Kier molecular flexibility index (Phi) is 10.7. The molecule has 0 spiro atoms. The van der Waals surface area contributed by atoms with Crippen LogP contribution < -0.4 is 5.32 Å². The zero-order valence-corrected chi connectivity index (χ0v) is 29.8. The van der Waals surface area contributed by atoms with Gasteiger partial charge in [-0.2, -0.15) is 0 Å². The van der Waals surface area contributed by atoms with Crippen molar-refractivity contribution in [1.29, 1.82) is 0 Å². The zero-order chi connectivity index (χ0) is 36.3. The lowest BCUT2D eigenvalue weighted by Crippen LogP contribution is -2.51. The molecular weight excluding hydrogens is 650 g/mol. The van der Waals surface area contributed by atoms with Crippen LogP contribution in [0.5, 0.6) is 0 Å². The summed E-state index contributed by atoms with van der Waals surface area (Å²) in [6.45, 7) is 7.64. The second-order valence-electron chi connectivity index (χ2n) is 13.9. The molecule has 0 bridgehead atoms. The van der Waals surface area contributed by atoms with E-state index in [9.17, 15) is 18.4 Å². The molecule has 51 heavy (non-hydrogen) atoms. The number of halogens is 2. The Hall–Kier alpha value is -4.90. The number of benzene rings is 3. The van der Waals surface area contributed by atoms with Crippen molar-refractivity contribution >= 4 is 22.6 Å². The minimum absolute atomic E-state index is 0.0777. The Morgan fingerprint density at radius 2 is 1.55 bits per heavy atom. The molecule has 6 rings (SSSR count). The third kappa shape index (κ3) is 8.04. The van der Waals surface area contributed by atoms with Crippen LogP contribution in [0.2, 0.25) is 0 Å². The fourth-order valence-electron chi connectivity index (χ4n) is 6.86. The molecule has 2 unspecified atom stereocenters. The van der Waals surface area contributed by atoms with Gasteiger partial charge < -0.3 is 24.9 Å². The Balaban J connectivity index is 1.14. The monoisotopic (exact) mass is 696 g/mol. The van der Waals surface area contributed by atoms with Gasteiger partial charge in [0.2, 0.25) is 17.7 Å². The van der Waals surface area contributed by atoms with Crippen molar-refractivity contribution < 1.29 is 23.1 Å². The Labute approximate surface area is 297 Å². The van der Waals surface area contributed by atoms with Gasteiger partial charge in [0.15, 0.2) is 0 Å². The highest BCUT2D eigenvalue weighted by atomic mass is 19.3. The minimum Gasteiger partial charge on any atom is -0.375 e. The van der Waals surface area contributed by atoms with Crippen LogP contribution in [0.25, 0.3) is 44.4 Å². The number of methoxy groups -OCH3 is 1. The van der Waals surface area contributed by atoms with Crippen LogP contribution in [0.1, 0.15) is 77.0 Å². The minimum atomic E-state index is -2.70. The van der Waals surface area contributed by atoms with E-state index in [1.165, 1.54) is 14.0 Å². The van der Waals surface area contributed by atoms with E-state index in [-0.39, 0.29) is 49.1 Å². The third-order valence-corrected chi connectivity index (χ3v) is 9.84. The number of rotatable bonds is 13. The smallest absolute Gasteiger partial charge is 0.248 e. The average Bonchev–Trinajstić information content (AvgIpc) is 3.91. The summed E-state index contributed by atoms with van der Waals surface area (Å²) in [6.07, 6.45) is 4.76. The van der Waals surface area contributed by atoms with Crippen molar-refractivity contribution in [2.24, 2.45) is 5.92 Å². The van der Waals surface area contributed by atoms with Gasteiger partial charge in [-0.1, -0.05) is 76.2 Å². The number of hydrogen-bond acceptors (Lipinski definition) is 5. The Bertz CT molecular complexity index is 1990. The number of likely N-dealkylation sites (tertiary alicyclic amines) is 1. The van der Waals surface area contributed by atoms with Gasteiger partial charge in [0.05, 0.1) is 29.8 Å². The van der Waals surface area contributed by atoms with Crippen LogP contribution in [0, 0.1) is 5.92 Å². The van der Waals surface area contributed by atoms with Gasteiger partial charge in [-0.3, -0.25) is 9.59 Å². The highest BCUT2D eigenvalue weighted by molar-refractivity contribution is 5.91. The number of H-pyrrole nitrogens is 2. The fraction of sp³-hybridized carbons (Fsp3) is 0.400. The van der Waals surface area contributed by atoms with Crippen LogP contribution in [0.15, 0.2) is 73.1 Å². The summed E-state index contributed by atoms with van der Waals surface area (Å²) in [5.41, 5.74) is 5.75. The largest absolute Gasteiger partial charge is 0.375 e. The number of amides is 2. The van der Waals surface area contributed by atoms with Crippen molar-refractivity contribution in [2.75, 3.05) is 20.3 Å². The molecular formula is C40H46F2N6O3. The molecule has 1 fully saturated rings. The van der Waals surface area contributed by atoms with E-state index in [4.69, 9.17) is 9.72 Å². The number of aromatic amines is 2. The van der Waals surface area contributed by atoms with Gasteiger partial charge >= 0.3 is 0 Å². The molecule has 2 amide bonds. The molecule has 11 heteroatoms. The van der Waals surface area contributed by atoms with Gasteiger partial charge in [0.25, 0.3) is 0 Å². The summed E-state index contributed by atoms with van der Waals surface area (Å²) in [5, 5.41) is 5.02. The molecule has 1 saturated heterocycles. The summed E-state index contributed by atoms with van der Waals surface area (Å²) in [6, 6.07) is 20.0. The predicted molar refractivity (Wildman–Crippen MR) is 195 cm³/mol. The average molecular weight is 697 g/mol. The van der Waals surface area contributed by atoms with Crippen molar-refractivity contribution in [3.05, 3.63) is 84.7 Å². The van der Waals surface area contributed by atoms with Crippen LogP contribution >= 0.6 is 0 Å². The number of aromatic nitrogens is 4. The lowest BCUT2D eigenvalue weighted by molar-refractivity contribution is -0.139. The van der Waals surface area contributed by atoms with Gasteiger partial charge in [0.1, 0.15) is 24.3 Å². The highest BCUT2D eigenvalue weighted by Crippen LogP contribution is 2.35. The highest BCUT2D eigenvalue weighted by Gasteiger charge is 2.37. The summed E-state index contributed by atoms with van der Waals surface area (Å²) in [5.74, 6) is -2.27. The number of carbonyl (C=O) groups is 2. The van der Waals surface area contributed by atoms with Gasteiger partial charge in [-0.15, -0.1) is 0 Å².